The highest BCUT2D eigenvalue weighted by atomic mass is 32.2. The summed E-state index contributed by atoms with van der Waals surface area (Å²) < 4.78 is 29.8. The van der Waals surface area contributed by atoms with Crippen molar-refractivity contribution in [2.75, 3.05) is 38.2 Å². The fourth-order valence-corrected chi connectivity index (χ4v) is 5.98. The maximum absolute atomic E-state index is 13.1. The van der Waals surface area contributed by atoms with Crippen molar-refractivity contribution in [1.29, 1.82) is 0 Å². The first-order valence-electron chi connectivity index (χ1n) is 11.2. The minimum absolute atomic E-state index is 0.0114. The fourth-order valence-electron chi connectivity index (χ4n) is 4.25. The molecule has 1 amide bonds. The maximum atomic E-state index is 13.1. The van der Waals surface area contributed by atoms with Crippen LogP contribution in [0.3, 0.4) is 0 Å². The van der Waals surface area contributed by atoms with Crippen molar-refractivity contribution in [1.82, 2.24) is 9.80 Å². The molecule has 2 aromatic carbocycles. The third kappa shape index (κ3) is 5.98. The zero-order valence-electron chi connectivity index (χ0n) is 18.8. The molecule has 3 rings (SSSR count). The van der Waals surface area contributed by atoms with Crippen LogP contribution in [0, 0.1) is 0 Å². The zero-order valence-corrected chi connectivity index (χ0v) is 19.7. The largest absolute Gasteiger partial charge is 0.493 e. The number of ether oxygens (including phenoxy) is 1. The zero-order chi connectivity index (χ0) is 22.4. The Hall–Kier alpha value is -2.12. The second-order valence-electron chi connectivity index (χ2n) is 8.43. The van der Waals surface area contributed by atoms with Crippen molar-refractivity contribution in [3.8, 4) is 5.75 Å². The first-order chi connectivity index (χ1) is 14.8. The number of carbonyl (C=O) groups is 1. The molecule has 1 aliphatic rings. The van der Waals surface area contributed by atoms with Crippen LogP contribution in [0.4, 0.5) is 0 Å². The van der Waals surface area contributed by atoms with E-state index < -0.39 is 9.84 Å². The lowest BCUT2D eigenvalue weighted by molar-refractivity contribution is -0.134. The van der Waals surface area contributed by atoms with Gasteiger partial charge in [-0.25, -0.2) is 8.42 Å². The van der Waals surface area contributed by atoms with Gasteiger partial charge in [-0.05, 0) is 43.1 Å². The average molecular weight is 447 g/mol. The number of hydrogen-bond acceptors (Lipinski definition) is 5. The third-order valence-electron chi connectivity index (χ3n) is 5.73. The molecule has 2 aromatic rings. The number of fused-ring (bicyclic) bond motifs is 1. The van der Waals surface area contributed by atoms with Crippen molar-refractivity contribution in [3.05, 3.63) is 42.0 Å². The van der Waals surface area contributed by atoms with E-state index in [1.165, 1.54) is 0 Å². The first-order valence-corrected chi connectivity index (χ1v) is 13.0. The van der Waals surface area contributed by atoms with E-state index in [2.05, 4.69) is 25.1 Å². The lowest BCUT2D eigenvalue weighted by Crippen LogP contribution is -2.45. The second kappa shape index (κ2) is 10.5. The van der Waals surface area contributed by atoms with E-state index in [4.69, 9.17) is 4.74 Å². The summed E-state index contributed by atoms with van der Waals surface area (Å²) in [4.78, 5) is 16.9. The van der Waals surface area contributed by atoms with E-state index in [1.807, 2.05) is 37.1 Å². The molecule has 0 aromatic heterocycles. The third-order valence-corrected chi connectivity index (χ3v) is 7.48. The van der Waals surface area contributed by atoms with Gasteiger partial charge in [0.1, 0.15) is 5.75 Å². The van der Waals surface area contributed by atoms with Gasteiger partial charge in [-0.1, -0.05) is 44.2 Å². The lowest BCUT2D eigenvalue weighted by Gasteiger charge is -2.30. The molecule has 0 saturated carbocycles. The van der Waals surface area contributed by atoms with Gasteiger partial charge in [0.2, 0.25) is 5.91 Å². The minimum Gasteiger partial charge on any atom is -0.493 e. The summed E-state index contributed by atoms with van der Waals surface area (Å²) in [6.07, 6.45) is 2.28. The van der Waals surface area contributed by atoms with E-state index in [-0.39, 0.29) is 30.0 Å². The molecule has 1 saturated heterocycles. The molecular weight excluding hydrogens is 412 g/mol. The Morgan fingerprint density at radius 2 is 1.90 bits per heavy atom. The summed E-state index contributed by atoms with van der Waals surface area (Å²) in [6.45, 7) is 6.15. The number of rotatable bonds is 10. The molecule has 1 fully saturated rings. The normalized spacial score (nSPS) is 17.9. The van der Waals surface area contributed by atoms with Crippen LogP contribution >= 0.6 is 0 Å². The van der Waals surface area contributed by atoms with Crippen LogP contribution in [0.2, 0.25) is 0 Å². The topological polar surface area (TPSA) is 66.9 Å². The summed E-state index contributed by atoms with van der Waals surface area (Å²) in [5.41, 5.74) is 1.08. The standard InChI is InChI=1S/C24H34N2O4S/c1-4-13-26(20-12-15-31(28,29)18-20)24(27)17-25(3)16-22-21-9-7-6-8-19(21)10-11-23(22)30-14-5-2/h6-11,20H,4-5,12-18H2,1-3H3. The Bertz CT molecular complexity index is 1010. The molecule has 1 unspecified atom stereocenters. The van der Waals surface area contributed by atoms with Gasteiger partial charge in [0.05, 0.1) is 24.7 Å². The van der Waals surface area contributed by atoms with Gasteiger partial charge in [-0.2, -0.15) is 0 Å². The average Bonchev–Trinajstić information content (AvgIpc) is 3.10. The Morgan fingerprint density at radius 3 is 2.58 bits per heavy atom. The maximum Gasteiger partial charge on any atom is 0.237 e. The predicted octanol–water partition coefficient (Wildman–Crippen LogP) is 3.49. The predicted molar refractivity (Wildman–Crippen MR) is 125 cm³/mol. The van der Waals surface area contributed by atoms with Crippen molar-refractivity contribution in [3.63, 3.8) is 0 Å². The number of amides is 1. The summed E-state index contributed by atoms with van der Waals surface area (Å²) in [5, 5.41) is 2.27. The van der Waals surface area contributed by atoms with Gasteiger partial charge in [-0.15, -0.1) is 0 Å². The van der Waals surface area contributed by atoms with E-state index >= 15 is 0 Å². The second-order valence-corrected chi connectivity index (χ2v) is 10.7. The number of carbonyl (C=O) groups excluding carboxylic acids is 1. The van der Waals surface area contributed by atoms with Crippen molar-refractivity contribution in [2.45, 2.75) is 45.7 Å². The first kappa shape index (κ1) is 23.5. The highest BCUT2D eigenvalue weighted by molar-refractivity contribution is 7.91. The lowest BCUT2D eigenvalue weighted by atomic mass is 10.0. The summed E-state index contributed by atoms with van der Waals surface area (Å²) in [6, 6.07) is 12.1. The molecule has 1 atom stereocenters. The smallest absolute Gasteiger partial charge is 0.237 e. The SMILES string of the molecule is CCCOc1ccc2ccccc2c1CN(C)CC(=O)N(CCC)C1CCS(=O)(=O)C1. The van der Waals surface area contributed by atoms with Crippen LogP contribution in [-0.4, -0.2) is 68.4 Å². The van der Waals surface area contributed by atoms with Gasteiger partial charge < -0.3 is 9.64 Å². The van der Waals surface area contributed by atoms with Gasteiger partial charge in [-0.3, -0.25) is 9.69 Å². The van der Waals surface area contributed by atoms with Crippen LogP contribution in [0.25, 0.3) is 10.8 Å². The molecular formula is C24H34N2O4S. The number of benzene rings is 2. The molecule has 0 N–H and O–H groups in total. The summed E-state index contributed by atoms with van der Waals surface area (Å²) >= 11 is 0. The summed E-state index contributed by atoms with van der Waals surface area (Å²) in [5.74, 6) is 1.10. The van der Waals surface area contributed by atoms with Gasteiger partial charge in [0.25, 0.3) is 0 Å². The molecule has 0 radical (unpaired) electrons. The van der Waals surface area contributed by atoms with Gasteiger partial charge in [0, 0.05) is 24.7 Å². The molecule has 0 aliphatic carbocycles. The molecule has 31 heavy (non-hydrogen) atoms. The van der Waals surface area contributed by atoms with Crippen LogP contribution in [0.15, 0.2) is 36.4 Å². The Kier molecular flexibility index (Phi) is 7.94. The van der Waals surface area contributed by atoms with E-state index in [9.17, 15) is 13.2 Å². The van der Waals surface area contributed by atoms with Crippen molar-refractivity contribution >= 4 is 26.5 Å². The molecule has 0 spiro atoms. The number of hydrogen-bond donors (Lipinski definition) is 0. The van der Waals surface area contributed by atoms with E-state index in [1.54, 1.807) is 4.90 Å². The van der Waals surface area contributed by atoms with E-state index in [0.29, 0.717) is 26.1 Å². The number of sulfone groups is 1. The highest BCUT2D eigenvalue weighted by Crippen LogP contribution is 2.29. The van der Waals surface area contributed by atoms with Crippen LogP contribution < -0.4 is 4.74 Å². The fraction of sp³-hybridized carbons (Fsp3) is 0.542. The van der Waals surface area contributed by atoms with E-state index in [0.717, 1.165) is 34.9 Å². The highest BCUT2D eigenvalue weighted by Gasteiger charge is 2.34. The van der Waals surface area contributed by atoms with Crippen molar-refractivity contribution < 1.29 is 17.9 Å². The minimum atomic E-state index is -3.03. The Balaban J connectivity index is 1.76. The van der Waals surface area contributed by atoms with Crippen LogP contribution in [-0.2, 0) is 21.2 Å². The molecule has 6 nitrogen and oxygen atoms in total. The summed E-state index contributed by atoms with van der Waals surface area (Å²) in [7, 11) is -1.10. The van der Waals surface area contributed by atoms with Gasteiger partial charge in [0.15, 0.2) is 9.84 Å². The number of likely N-dealkylation sites (N-methyl/N-ethyl adjacent to an activating group) is 1. The Labute approximate surface area is 186 Å². The Morgan fingerprint density at radius 1 is 1.13 bits per heavy atom. The molecule has 1 heterocycles. The monoisotopic (exact) mass is 446 g/mol. The molecule has 0 bridgehead atoms. The molecule has 1 aliphatic heterocycles. The van der Waals surface area contributed by atoms with Gasteiger partial charge >= 0.3 is 0 Å². The molecule has 7 heteroatoms. The van der Waals surface area contributed by atoms with Crippen LogP contribution in [0.1, 0.15) is 38.7 Å². The quantitative estimate of drug-likeness (QED) is 0.559. The van der Waals surface area contributed by atoms with Crippen molar-refractivity contribution in [2.24, 2.45) is 0 Å². The number of nitrogens with zero attached hydrogens (tertiary/aromatic N) is 2. The molecule has 170 valence electrons. The van der Waals surface area contributed by atoms with Crippen LogP contribution in [0.5, 0.6) is 5.75 Å².